The van der Waals surface area contributed by atoms with Crippen LogP contribution in [0.25, 0.3) is 10.9 Å². The highest BCUT2D eigenvalue weighted by molar-refractivity contribution is 8.01. The number of benzene rings is 3. The SMILES string of the molecule is Cc1nnc(SCC2CC(c3ccc(CO)cc3)OC(c3ccc(CNS(=O)(=O)c4cccc5cccnc45)cc3)O2)s1. The molecule has 1 fully saturated rings. The molecule has 1 saturated heterocycles. The lowest BCUT2D eigenvalue weighted by Crippen LogP contribution is -2.31. The van der Waals surface area contributed by atoms with Gasteiger partial charge in [-0.25, -0.2) is 13.1 Å². The smallest absolute Gasteiger partial charge is 0.243 e. The van der Waals surface area contributed by atoms with Gasteiger partial charge in [0.2, 0.25) is 10.0 Å². The Labute approximate surface area is 258 Å². The Balaban J connectivity index is 1.16. The Morgan fingerprint density at radius 1 is 0.953 bits per heavy atom. The lowest BCUT2D eigenvalue weighted by molar-refractivity contribution is -0.245. The summed E-state index contributed by atoms with van der Waals surface area (Å²) in [6.45, 7) is 2.04. The predicted molar refractivity (Wildman–Crippen MR) is 166 cm³/mol. The molecule has 9 nitrogen and oxygen atoms in total. The quantitative estimate of drug-likeness (QED) is 0.186. The molecule has 0 spiro atoms. The topological polar surface area (TPSA) is 124 Å². The van der Waals surface area contributed by atoms with Gasteiger partial charge >= 0.3 is 0 Å². The number of aromatic nitrogens is 3. The number of nitrogens with zero attached hydrogens (tertiary/aromatic N) is 3. The summed E-state index contributed by atoms with van der Waals surface area (Å²) in [5.74, 6) is 0.697. The van der Waals surface area contributed by atoms with E-state index in [1.54, 1.807) is 47.5 Å². The van der Waals surface area contributed by atoms with E-state index in [0.29, 0.717) is 17.7 Å². The number of aryl methyl sites for hydroxylation is 1. The van der Waals surface area contributed by atoms with Crippen molar-refractivity contribution >= 4 is 44.0 Å². The van der Waals surface area contributed by atoms with Crippen molar-refractivity contribution in [2.45, 2.75) is 54.2 Å². The van der Waals surface area contributed by atoms with Gasteiger partial charge in [-0.2, -0.15) is 0 Å². The van der Waals surface area contributed by atoms with Gasteiger partial charge in [0.05, 0.1) is 24.3 Å². The second-order valence-electron chi connectivity index (χ2n) is 10.1. The van der Waals surface area contributed by atoms with Gasteiger partial charge < -0.3 is 14.6 Å². The standard InChI is InChI=1S/C31H30N4O5S3/c1-20-34-35-31(42-20)41-19-26-16-27(23-11-9-22(18-36)10-12-23)40-30(39-26)25-13-7-21(8-14-25)17-33-43(37,38)28-6-2-4-24-5-3-15-32-29(24)28/h2-15,26-27,30,33,36H,16-19H2,1H3. The molecule has 3 unspecified atom stereocenters. The molecule has 0 amide bonds. The Morgan fingerprint density at radius 3 is 2.44 bits per heavy atom. The monoisotopic (exact) mass is 634 g/mol. The van der Waals surface area contributed by atoms with Crippen molar-refractivity contribution < 1.29 is 23.0 Å². The Morgan fingerprint density at radius 2 is 1.70 bits per heavy atom. The summed E-state index contributed by atoms with van der Waals surface area (Å²) >= 11 is 3.18. The zero-order chi connectivity index (χ0) is 29.8. The second-order valence-corrected chi connectivity index (χ2v) is 14.3. The number of aliphatic hydroxyl groups is 1. The highest BCUT2D eigenvalue weighted by Crippen LogP contribution is 2.39. The van der Waals surface area contributed by atoms with E-state index in [4.69, 9.17) is 9.47 Å². The van der Waals surface area contributed by atoms with Crippen LogP contribution in [0, 0.1) is 6.92 Å². The van der Waals surface area contributed by atoms with Crippen molar-refractivity contribution in [2.24, 2.45) is 0 Å². The largest absolute Gasteiger partial charge is 0.392 e. The average molecular weight is 635 g/mol. The minimum Gasteiger partial charge on any atom is -0.392 e. The molecule has 1 aliphatic rings. The van der Waals surface area contributed by atoms with Crippen LogP contribution in [0.1, 0.15) is 46.1 Å². The van der Waals surface area contributed by atoms with Crippen LogP contribution >= 0.6 is 23.1 Å². The number of ether oxygens (including phenoxy) is 2. The molecule has 0 saturated carbocycles. The number of rotatable bonds is 10. The van der Waals surface area contributed by atoms with E-state index in [1.807, 2.05) is 67.6 Å². The lowest BCUT2D eigenvalue weighted by Gasteiger charge is -2.36. The van der Waals surface area contributed by atoms with Crippen molar-refractivity contribution in [3.63, 3.8) is 0 Å². The third-order valence-electron chi connectivity index (χ3n) is 7.12. The number of hydrogen-bond acceptors (Lipinski definition) is 10. The lowest BCUT2D eigenvalue weighted by atomic mass is 10.0. The molecule has 2 N–H and O–H groups in total. The molecule has 2 aromatic heterocycles. The molecule has 43 heavy (non-hydrogen) atoms. The minimum absolute atomic E-state index is 0.0145. The van der Waals surface area contributed by atoms with Crippen molar-refractivity contribution in [3.05, 3.63) is 112 Å². The van der Waals surface area contributed by atoms with Crippen LogP contribution in [0.5, 0.6) is 0 Å². The van der Waals surface area contributed by atoms with E-state index in [0.717, 1.165) is 37.0 Å². The van der Waals surface area contributed by atoms with Crippen LogP contribution in [0.3, 0.4) is 0 Å². The average Bonchev–Trinajstić information content (AvgIpc) is 3.47. The van der Waals surface area contributed by atoms with Gasteiger partial charge in [-0.3, -0.25) is 4.98 Å². The number of fused-ring (bicyclic) bond motifs is 1. The molecule has 1 aliphatic heterocycles. The van der Waals surface area contributed by atoms with Crippen molar-refractivity contribution in [3.8, 4) is 0 Å². The Kier molecular flexibility index (Phi) is 9.14. The van der Waals surface area contributed by atoms with Crippen LogP contribution in [-0.4, -0.2) is 40.6 Å². The highest BCUT2D eigenvalue weighted by atomic mass is 32.2. The number of nitrogens with one attached hydrogen (secondary N) is 1. The number of hydrogen-bond donors (Lipinski definition) is 2. The van der Waals surface area contributed by atoms with Gasteiger partial charge in [-0.05, 0) is 35.7 Å². The van der Waals surface area contributed by atoms with Gasteiger partial charge in [-0.1, -0.05) is 89.8 Å². The number of aliphatic hydroxyl groups excluding tert-OH is 1. The third kappa shape index (κ3) is 7.13. The highest BCUT2D eigenvalue weighted by Gasteiger charge is 2.32. The summed E-state index contributed by atoms with van der Waals surface area (Å²) in [5, 5.41) is 19.5. The van der Waals surface area contributed by atoms with Crippen LogP contribution in [0.4, 0.5) is 0 Å². The van der Waals surface area contributed by atoms with Gasteiger partial charge in [0.1, 0.15) is 9.90 Å². The molecular formula is C31H30N4O5S3. The van der Waals surface area contributed by atoms with Crippen LogP contribution < -0.4 is 4.72 Å². The van der Waals surface area contributed by atoms with E-state index in [9.17, 15) is 13.5 Å². The first-order chi connectivity index (χ1) is 20.9. The van der Waals surface area contributed by atoms with Crippen LogP contribution in [0.15, 0.2) is 94.3 Å². The summed E-state index contributed by atoms with van der Waals surface area (Å²) in [4.78, 5) is 4.42. The van der Waals surface area contributed by atoms with Crippen molar-refractivity contribution in [1.29, 1.82) is 0 Å². The maximum atomic E-state index is 13.1. The number of para-hydroxylation sites is 1. The van der Waals surface area contributed by atoms with Gasteiger partial charge in [0.25, 0.3) is 0 Å². The van der Waals surface area contributed by atoms with Crippen LogP contribution in [0.2, 0.25) is 0 Å². The summed E-state index contributed by atoms with van der Waals surface area (Å²) < 4.78 is 42.7. The first-order valence-electron chi connectivity index (χ1n) is 13.7. The molecular weight excluding hydrogens is 605 g/mol. The normalized spacial score (nSPS) is 19.1. The Bertz CT molecular complexity index is 1790. The fourth-order valence-corrected chi connectivity index (χ4v) is 7.92. The predicted octanol–water partition coefficient (Wildman–Crippen LogP) is 5.70. The molecule has 0 radical (unpaired) electrons. The maximum Gasteiger partial charge on any atom is 0.243 e. The first kappa shape index (κ1) is 29.8. The fraction of sp³-hybridized carbons (Fsp3) is 0.258. The van der Waals surface area contributed by atoms with E-state index in [-0.39, 0.29) is 30.3 Å². The van der Waals surface area contributed by atoms with Gasteiger partial charge in [0, 0.05) is 35.9 Å². The second kappa shape index (κ2) is 13.2. The number of sulfonamides is 1. The fourth-order valence-electron chi connectivity index (χ4n) is 4.87. The Hall–Kier alpha value is -3.23. The van der Waals surface area contributed by atoms with E-state index in [2.05, 4.69) is 19.9 Å². The van der Waals surface area contributed by atoms with Crippen molar-refractivity contribution in [2.75, 3.05) is 5.75 Å². The number of pyridine rings is 1. The zero-order valence-corrected chi connectivity index (χ0v) is 25.7. The zero-order valence-electron chi connectivity index (χ0n) is 23.3. The molecule has 0 aliphatic carbocycles. The molecule has 0 bridgehead atoms. The molecule has 3 aromatic carbocycles. The summed E-state index contributed by atoms with van der Waals surface area (Å²) in [7, 11) is -3.78. The van der Waals surface area contributed by atoms with E-state index < -0.39 is 16.3 Å². The summed E-state index contributed by atoms with van der Waals surface area (Å²) in [6.07, 6.45) is 1.35. The molecule has 12 heteroatoms. The summed E-state index contributed by atoms with van der Waals surface area (Å²) in [6, 6.07) is 24.1. The minimum atomic E-state index is -3.78. The van der Waals surface area contributed by atoms with E-state index >= 15 is 0 Å². The summed E-state index contributed by atoms with van der Waals surface area (Å²) in [5.41, 5.74) is 3.93. The van der Waals surface area contributed by atoms with E-state index in [1.165, 1.54) is 0 Å². The molecule has 6 rings (SSSR count). The van der Waals surface area contributed by atoms with Gasteiger partial charge in [-0.15, -0.1) is 10.2 Å². The third-order valence-corrected chi connectivity index (χ3v) is 10.7. The molecule has 3 atom stereocenters. The van der Waals surface area contributed by atoms with Gasteiger partial charge in [0.15, 0.2) is 10.6 Å². The number of thioether (sulfide) groups is 1. The van der Waals surface area contributed by atoms with Crippen LogP contribution in [-0.2, 0) is 32.6 Å². The van der Waals surface area contributed by atoms with Crippen molar-refractivity contribution in [1.82, 2.24) is 19.9 Å². The molecule has 222 valence electrons. The maximum absolute atomic E-state index is 13.1. The molecule has 5 aromatic rings. The molecule has 3 heterocycles. The first-order valence-corrected chi connectivity index (χ1v) is 17.0.